The van der Waals surface area contributed by atoms with Crippen LogP contribution in [0.3, 0.4) is 0 Å². The molecule has 0 atom stereocenters. The number of hydrogen-bond donors (Lipinski definition) is 2. The van der Waals surface area contributed by atoms with Crippen LogP contribution in [0.1, 0.15) is 19.3 Å². The minimum absolute atomic E-state index is 0.0471. The summed E-state index contributed by atoms with van der Waals surface area (Å²) in [6, 6.07) is 14.6. The van der Waals surface area contributed by atoms with Gasteiger partial charge in [-0.1, -0.05) is 28.1 Å². The predicted molar refractivity (Wildman–Crippen MR) is 101 cm³/mol. The molecule has 6 heteroatoms. The second kappa shape index (κ2) is 8.16. The number of carbonyl (C=O) groups excluding carboxylic acids is 2. The van der Waals surface area contributed by atoms with Crippen molar-refractivity contribution in [2.75, 3.05) is 17.2 Å². The zero-order valence-corrected chi connectivity index (χ0v) is 15.2. The Balaban J connectivity index is 1.46. The maximum absolute atomic E-state index is 12.0. The van der Waals surface area contributed by atoms with Crippen LogP contribution in [-0.4, -0.2) is 18.4 Å². The Kier molecular flexibility index (Phi) is 5.71. The molecule has 1 aliphatic carbocycles. The molecule has 0 heterocycles. The Hall–Kier alpha value is -2.34. The summed E-state index contributed by atoms with van der Waals surface area (Å²) in [7, 11) is 0. The molecule has 1 aliphatic rings. The lowest BCUT2D eigenvalue weighted by Crippen LogP contribution is -2.16. The summed E-state index contributed by atoms with van der Waals surface area (Å²) in [6.07, 6.45) is 2.16. The monoisotopic (exact) mass is 402 g/mol. The van der Waals surface area contributed by atoms with E-state index in [1.54, 1.807) is 18.2 Å². The zero-order chi connectivity index (χ0) is 17.6. The highest BCUT2D eigenvalue weighted by molar-refractivity contribution is 9.10. The lowest BCUT2D eigenvalue weighted by molar-refractivity contribution is -0.117. The van der Waals surface area contributed by atoms with Gasteiger partial charge in [-0.3, -0.25) is 9.59 Å². The fourth-order valence-corrected chi connectivity index (χ4v) is 2.68. The molecule has 0 radical (unpaired) electrons. The lowest BCUT2D eigenvalue weighted by Gasteiger charge is -2.09. The minimum Gasteiger partial charge on any atom is -0.493 e. The first-order valence-corrected chi connectivity index (χ1v) is 8.98. The molecule has 0 saturated heterocycles. The molecule has 3 rings (SSSR count). The van der Waals surface area contributed by atoms with E-state index in [-0.39, 0.29) is 24.2 Å². The van der Waals surface area contributed by atoms with Gasteiger partial charge in [-0.05, 0) is 49.2 Å². The SMILES string of the molecule is O=C(CCOc1cccc(Br)c1)Nc1cccc(NC(=O)C2CC2)c1. The van der Waals surface area contributed by atoms with E-state index in [0.717, 1.165) is 17.3 Å². The largest absolute Gasteiger partial charge is 0.493 e. The molecule has 0 unspecified atom stereocenters. The highest BCUT2D eigenvalue weighted by Gasteiger charge is 2.29. The van der Waals surface area contributed by atoms with E-state index in [4.69, 9.17) is 4.74 Å². The summed E-state index contributed by atoms with van der Waals surface area (Å²) in [4.78, 5) is 23.8. The van der Waals surface area contributed by atoms with E-state index < -0.39 is 0 Å². The maximum Gasteiger partial charge on any atom is 0.227 e. The summed E-state index contributed by atoms with van der Waals surface area (Å²) >= 11 is 3.37. The number of hydrogen-bond acceptors (Lipinski definition) is 3. The van der Waals surface area contributed by atoms with Crippen molar-refractivity contribution in [2.45, 2.75) is 19.3 Å². The second-order valence-corrected chi connectivity index (χ2v) is 6.86. The smallest absolute Gasteiger partial charge is 0.227 e. The summed E-state index contributed by atoms with van der Waals surface area (Å²) < 4.78 is 6.49. The third-order valence-electron chi connectivity index (χ3n) is 3.76. The Morgan fingerprint density at radius 3 is 2.48 bits per heavy atom. The molecule has 0 spiro atoms. The molecule has 0 bridgehead atoms. The van der Waals surface area contributed by atoms with Gasteiger partial charge in [-0.15, -0.1) is 0 Å². The Morgan fingerprint density at radius 1 is 1.04 bits per heavy atom. The zero-order valence-electron chi connectivity index (χ0n) is 13.6. The molecular weight excluding hydrogens is 384 g/mol. The molecule has 2 N–H and O–H groups in total. The molecule has 1 fully saturated rings. The number of ether oxygens (including phenoxy) is 1. The molecule has 2 amide bonds. The fourth-order valence-electron chi connectivity index (χ4n) is 2.31. The lowest BCUT2D eigenvalue weighted by atomic mass is 10.2. The van der Waals surface area contributed by atoms with Crippen molar-refractivity contribution >= 4 is 39.1 Å². The summed E-state index contributed by atoms with van der Waals surface area (Å²) in [5, 5.41) is 5.69. The average Bonchev–Trinajstić information content (AvgIpc) is 3.40. The topological polar surface area (TPSA) is 67.4 Å². The van der Waals surface area contributed by atoms with Gasteiger partial charge in [0.15, 0.2) is 0 Å². The number of nitrogens with one attached hydrogen (secondary N) is 2. The van der Waals surface area contributed by atoms with Crippen LogP contribution in [0.25, 0.3) is 0 Å². The third-order valence-corrected chi connectivity index (χ3v) is 4.25. The fraction of sp³-hybridized carbons (Fsp3) is 0.263. The van der Waals surface area contributed by atoms with Crippen molar-refractivity contribution < 1.29 is 14.3 Å². The second-order valence-electron chi connectivity index (χ2n) is 5.95. The molecule has 1 saturated carbocycles. The van der Waals surface area contributed by atoms with Crippen molar-refractivity contribution in [3.8, 4) is 5.75 Å². The van der Waals surface area contributed by atoms with Crippen LogP contribution in [0, 0.1) is 5.92 Å². The van der Waals surface area contributed by atoms with Gasteiger partial charge in [-0.2, -0.15) is 0 Å². The summed E-state index contributed by atoms with van der Waals surface area (Å²) in [6.45, 7) is 0.292. The number of benzene rings is 2. The van der Waals surface area contributed by atoms with E-state index in [1.807, 2.05) is 30.3 Å². The molecular formula is C19H19BrN2O3. The Bertz CT molecular complexity index is 775. The molecule has 0 aliphatic heterocycles. The molecule has 25 heavy (non-hydrogen) atoms. The van der Waals surface area contributed by atoms with Crippen LogP contribution in [0.2, 0.25) is 0 Å². The third kappa shape index (κ3) is 5.60. The number of amides is 2. The van der Waals surface area contributed by atoms with Crippen LogP contribution in [0.15, 0.2) is 53.0 Å². The molecule has 0 aromatic heterocycles. The van der Waals surface area contributed by atoms with Crippen LogP contribution >= 0.6 is 15.9 Å². The van der Waals surface area contributed by atoms with Crippen LogP contribution in [0.4, 0.5) is 11.4 Å². The quantitative estimate of drug-likeness (QED) is 0.728. The molecule has 5 nitrogen and oxygen atoms in total. The van der Waals surface area contributed by atoms with Crippen molar-refractivity contribution in [2.24, 2.45) is 5.92 Å². The van der Waals surface area contributed by atoms with Gasteiger partial charge in [0.25, 0.3) is 0 Å². The van der Waals surface area contributed by atoms with E-state index in [0.29, 0.717) is 23.7 Å². The van der Waals surface area contributed by atoms with E-state index in [2.05, 4.69) is 26.6 Å². The van der Waals surface area contributed by atoms with Gasteiger partial charge in [0.1, 0.15) is 5.75 Å². The van der Waals surface area contributed by atoms with Crippen molar-refractivity contribution in [1.29, 1.82) is 0 Å². The standard InChI is InChI=1S/C19H19BrN2O3/c20-14-3-1-6-17(11-14)25-10-9-18(23)21-15-4-2-5-16(12-15)22-19(24)13-7-8-13/h1-6,11-13H,7-10H2,(H,21,23)(H,22,24). The highest BCUT2D eigenvalue weighted by Crippen LogP contribution is 2.30. The normalized spacial score (nSPS) is 13.2. The van der Waals surface area contributed by atoms with Crippen molar-refractivity contribution in [1.82, 2.24) is 0 Å². The van der Waals surface area contributed by atoms with E-state index >= 15 is 0 Å². The van der Waals surface area contributed by atoms with E-state index in [1.165, 1.54) is 0 Å². The van der Waals surface area contributed by atoms with Crippen LogP contribution in [0.5, 0.6) is 5.75 Å². The first-order valence-electron chi connectivity index (χ1n) is 8.19. The van der Waals surface area contributed by atoms with Gasteiger partial charge in [0.2, 0.25) is 11.8 Å². The van der Waals surface area contributed by atoms with Gasteiger partial charge in [0.05, 0.1) is 13.0 Å². The first kappa shape index (κ1) is 17.5. The van der Waals surface area contributed by atoms with Crippen molar-refractivity contribution in [3.63, 3.8) is 0 Å². The maximum atomic E-state index is 12.0. The number of anilines is 2. The minimum atomic E-state index is -0.138. The molecule has 2 aromatic rings. The highest BCUT2D eigenvalue weighted by atomic mass is 79.9. The predicted octanol–water partition coefficient (Wildman–Crippen LogP) is 4.21. The summed E-state index contributed by atoms with van der Waals surface area (Å²) in [5.74, 6) is 0.770. The van der Waals surface area contributed by atoms with Crippen molar-refractivity contribution in [3.05, 3.63) is 53.0 Å². The van der Waals surface area contributed by atoms with Crippen LogP contribution in [-0.2, 0) is 9.59 Å². The van der Waals surface area contributed by atoms with Gasteiger partial charge < -0.3 is 15.4 Å². The number of halogens is 1. The Labute approximate surface area is 154 Å². The number of rotatable bonds is 7. The van der Waals surface area contributed by atoms with Crippen LogP contribution < -0.4 is 15.4 Å². The van der Waals surface area contributed by atoms with E-state index in [9.17, 15) is 9.59 Å². The summed E-state index contributed by atoms with van der Waals surface area (Å²) in [5.41, 5.74) is 1.35. The Morgan fingerprint density at radius 2 is 1.76 bits per heavy atom. The van der Waals surface area contributed by atoms with Gasteiger partial charge >= 0.3 is 0 Å². The first-order chi connectivity index (χ1) is 12.1. The molecule has 2 aromatic carbocycles. The van der Waals surface area contributed by atoms with Gasteiger partial charge in [-0.25, -0.2) is 0 Å². The molecule has 130 valence electrons. The average molecular weight is 403 g/mol. The van der Waals surface area contributed by atoms with Gasteiger partial charge in [0, 0.05) is 21.8 Å². The number of carbonyl (C=O) groups is 2.